The van der Waals surface area contributed by atoms with Gasteiger partial charge in [0.15, 0.2) is 0 Å². The third-order valence-corrected chi connectivity index (χ3v) is 4.61. The van der Waals surface area contributed by atoms with Gasteiger partial charge >= 0.3 is 0 Å². The summed E-state index contributed by atoms with van der Waals surface area (Å²) >= 11 is 7.36. The fourth-order valence-corrected chi connectivity index (χ4v) is 3.13. The Morgan fingerprint density at radius 3 is 2.56 bits per heavy atom. The van der Waals surface area contributed by atoms with E-state index >= 15 is 0 Å². The van der Waals surface area contributed by atoms with Crippen molar-refractivity contribution >= 4 is 31.9 Å². The lowest BCUT2D eigenvalue weighted by Crippen LogP contribution is -2.00. The number of alkyl halides is 1. The van der Waals surface area contributed by atoms with Crippen LogP contribution in [0.25, 0.3) is 0 Å². The second kappa shape index (κ2) is 8.21. The second-order valence-corrected chi connectivity index (χ2v) is 6.71. The SMILES string of the molecule is CCCOc1ccc(C(Br)CC(C)CC)cc1Br. The maximum atomic E-state index is 5.66. The summed E-state index contributed by atoms with van der Waals surface area (Å²) in [6.45, 7) is 7.41. The van der Waals surface area contributed by atoms with Gasteiger partial charge in [-0.25, -0.2) is 0 Å². The molecule has 0 fully saturated rings. The van der Waals surface area contributed by atoms with Gasteiger partial charge in [0.05, 0.1) is 11.1 Å². The van der Waals surface area contributed by atoms with Gasteiger partial charge in [0, 0.05) is 4.83 Å². The standard InChI is InChI=1S/C15H22Br2O/c1-4-8-18-15-7-6-12(10-14(15)17)13(16)9-11(3)5-2/h6-7,10-11,13H,4-5,8-9H2,1-3H3. The van der Waals surface area contributed by atoms with Crippen molar-refractivity contribution in [3.05, 3.63) is 28.2 Å². The molecule has 2 unspecified atom stereocenters. The molecule has 0 amide bonds. The van der Waals surface area contributed by atoms with E-state index in [1.165, 1.54) is 12.0 Å². The van der Waals surface area contributed by atoms with Crippen LogP contribution in [-0.4, -0.2) is 6.61 Å². The second-order valence-electron chi connectivity index (χ2n) is 4.75. The Kier molecular flexibility index (Phi) is 7.31. The fourth-order valence-electron chi connectivity index (χ4n) is 1.70. The number of ether oxygens (including phenoxy) is 1. The molecule has 0 N–H and O–H groups in total. The predicted molar refractivity (Wildman–Crippen MR) is 85.7 cm³/mol. The van der Waals surface area contributed by atoms with Crippen molar-refractivity contribution in [2.45, 2.75) is 44.9 Å². The van der Waals surface area contributed by atoms with Crippen molar-refractivity contribution in [2.24, 2.45) is 5.92 Å². The first kappa shape index (κ1) is 16.0. The quantitative estimate of drug-likeness (QED) is 0.520. The van der Waals surface area contributed by atoms with Crippen LogP contribution in [-0.2, 0) is 0 Å². The van der Waals surface area contributed by atoms with Crippen LogP contribution in [0, 0.1) is 5.92 Å². The highest BCUT2D eigenvalue weighted by atomic mass is 79.9. The highest BCUT2D eigenvalue weighted by Crippen LogP contribution is 2.35. The monoisotopic (exact) mass is 376 g/mol. The molecule has 1 aromatic carbocycles. The summed E-state index contributed by atoms with van der Waals surface area (Å²) < 4.78 is 6.70. The number of halogens is 2. The smallest absolute Gasteiger partial charge is 0.133 e. The first-order chi connectivity index (χ1) is 8.58. The Labute approximate surface area is 128 Å². The first-order valence-electron chi connectivity index (χ1n) is 6.64. The minimum atomic E-state index is 0.420. The Bertz CT molecular complexity index is 366. The number of hydrogen-bond acceptors (Lipinski definition) is 1. The van der Waals surface area contributed by atoms with Gasteiger partial charge in [-0.3, -0.25) is 0 Å². The molecule has 102 valence electrons. The number of benzene rings is 1. The summed E-state index contributed by atoms with van der Waals surface area (Å²) in [6.07, 6.45) is 3.42. The summed E-state index contributed by atoms with van der Waals surface area (Å²) in [5.41, 5.74) is 1.31. The average Bonchev–Trinajstić information content (AvgIpc) is 2.37. The van der Waals surface area contributed by atoms with Gasteiger partial charge in [0.2, 0.25) is 0 Å². The maximum absolute atomic E-state index is 5.66. The lowest BCUT2D eigenvalue weighted by Gasteiger charge is -2.16. The van der Waals surface area contributed by atoms with E-state index in [0.29, 0.717) is 4.83 Å². The van der Waals surface area contributed by atoms with Gasteiger partial charge in [-0.15, -0.1) is 0 Å². The summed E-state index contributed by atoms with van der Waals surface area (Å²) in [5, 5.41) is 0. The van der Waals surface area contributed by atoms with E-state index in [2.05, 4.69) is 70.8 Å². The molecule has 1 aromatic rings. The zero-order valence-electron chi connectivity index (χ0n) is 11.4. The molecule has 0 aliphatic heterocycles. The lowest BCUT2D eigenvalue weighted by molar-refractivity contribution is 0.315. The molecule has 0 radical (unpaired) electrons. The summed E-state index contributed by atoms with van der Waals surface area (Å²) in [4.78, 5) is 0.420. The Hall–Kier alpha value is -0.0200. The van der Waals surface area contributed by atoms with Crippen LogP contribution >= 0.6 is 31.9 Å². The van der Waals surface area contributed by atoms with Crippen molar-refractivity contribution in [1.29, 1.82) is 0 Å². The topological polar surface area (TPSA) is 9.23 Å². The Morgan fingerprint density at radius 1 is 1.28 bits per heavy atom. The van der Waals surface area contributed by atoms with Crippen LogP contribution in [0.4, 0.5) is 0 Å². The molecule has 0 heterocycles. The van der Waals surface area contributed by atoms with Gasteiger partial charge < -0.3 is 4.74 Å². The molecule has 0 saturated carbocycles. The molecule has 0 spiro atoms. The molecule has 0 bridgehead atoms. The van der Waals surface area contributed by atoms with Gasteiger partial charge in [-0.05, 0) is 52.4 Å². The molecular formula is C15H22Br2O. The van der Waals surface area contributed by atoms with Crippen LogP contribution in [0.15, 0.2) is 22.7 Å². The van der Waals surface area contributed by atoms with E-state index in [0.717, 1.165) is 35.6 Å². The Balaban J connectivity index is 2.70. The van der Waals surface area contributed by atoms with Crippen LogP contribution in [0.2, 0.25) is 0 Å². The van der Waals surface area contributed by atoms with E-state index in [4.69, 9.17) is 4.74 Å². The van der Waals surface area contributed by atoms with Gasteiger partial charge in [-0.2, -0.15) is 0 Å². The van der Waals surface area contributed by atoms with Crippen molar-refractivity contribution in [3.8, 4) is 5.75 Å². The average molecular weight is 378 g/mol. The minimum Gasteiger partial charge on any atom is -0.492 e. The van der Waals surface area contributed by atoms with Crippen molar-refractivity contribution in [2.75, 3.05) is 6.61 Å². The first-order valence-corrected chi connectivity index (χ1v) is 8.35. The van der Waals surface area contributed by atoms with E-state index in [1.54, 1.807) is 0 Å². The third-order valence-electron chi connectivity index (χ3n) is 3.09. The molecule has 1 nitrogen and oxygen atoms in total. The van der Waals surface area contributed by atoms with Crippen molar-refractivity contribution in [3.63, 3.8) is 0 Å². The maximum Gasteiger partial charge on any atom is 0.133 e. The fraction of sp³-hybridized carbons (Fsp3) is 0.600. The minimum absolute atomic E-state index is 0.420. The molecular weight excluding hydrogens is 356 g/mol. The van der Waals surface area contributed by atoms with Crippen LogP contribution in [0.1, 0.15) is 50.4 Å². The molecule has 3 heteroatoms. The zero-order chi connectivity index (χ0) is 13.5. The van der Waals surface area contributed by atoms with Gasteiger partial charge in [0.1, 0.15) is 5.75 Å². The lowest BCUT2D eigenvalue weighted by atomic mass is 9.99. The Morgan fingerprint density at radius 2 is 2.00 bits per heavy atom. The zero-order valence-corrected chi connectivity index (χ0v) is 14.6. The molecule has 0 aliphatic rings. The van der Waals surface area contributed by atoms with E-state index < -0.39 is 0 Å². The molecule has 0 aliphatic carbocycles. The molecule has 1 rings (SSSR count). The van der Waals surface area contributed by atoms with Crippen LogP contribution in [0.3, 0.4) is 0 Å². The summed E-state index contributed by atoms with van der Waals surface area (Å²) in [6, 6.07) is 6.37. The van der Waals surface area contributed by atoms with Gasteiger partial charge in [-0.1, -0.05) is 49.2 Å². The van der Waals surface area contributed by atoms with Crippen molar-refractivity contribution in [1.82, 2.24) is 0 Å². The van der Waals surface area contributed by atoms with Crippen LogP contribution < -0.4 is 4.74 Å². The highest BCUT2D eigenvalue weighted by molar-refractivity contribution is 9.10. The summed E-state index contributed by atoms with van der Waals surface area (Å²) in [5.74, 6) is 1.67. The molecule has 0 aromatic heterocycles. The van der Waals surface area contributed by atoms with E-state index in [-0.39, 0.29) is 0 Å². The van der Waals surface area contributed by atoms with E-state index in [9.17, 15) is 0 Å². The third kappa shape index (κ3) is 4.93. The number of rotatable bonds is 7. The largest absolute Gasteiger partial charge is 0.492 e. The van der Waals surface area contributed by atoms with E-state index in [1.807, 2.05) is 0 Å². The normalized spacial score (nSPS) is 14.3. The molecule has 2 atom stereocenters. The van der Waals surface area contributed by atoms with Gasteiger partial charge in [0.25, 0.3) is 0 Å². The summed E-state index contributed by atoms with van der Waals surface area (Å²) in [7, 11) is 0. The van der Waals surface area contributed by atoms with Crippen LogP contribution in [0.5, 0.6) is 5.75 Å². The van der Waals surface area contributed by atoms with Crippen molar-refractivity contribution < 1.29 is 4.74 Å². The molecule has 18 heavy (non-hydrogen) atoms. The predicted octanol–water partition coefficient (Wildman–Crippen LogP) is 6.11. The number of hydrogen-bond donors (Lipinski definition) is 0. The molecule has 0 saturated heterocycles. The highest BCUT2D eigenvalue weighted by Gasteiger charge is 2.13.